The van der Waals surface area contributed by atoms with Crippen molar-refractivity contribution in [2.24, 2.45) is 11.5 Å². The van der Waals surface area contributed by atoms with E-state index in [1.807, 2.05) is 72.8 Å². The van der Waals surface area contributed by atoms with Gasteiger partial charge in [-0.05, 0) is 83.9 Å². The summed E-state index contributed by atoms with van der Waals surface area (Å²) in [5.74, 6) is 2.31. The summed E-state index contributed by atoms with van der Waals surface area (Å²) >= 11 is 0. The lowest BCUT2D eigenvalue weighted by molar-refractivity contribution is 0.415. The zero-order chi connectivity index (χ0) is 36.2. The molecule has 0 unspecified atom stereocenters. The molecule has 0 amide bonds. The van der Waals surface area contributed by atoms with Gasteiger partial charge in [0, 0.05) is 58.9 Å². The largest absolute Gasteiger partial charge is 0.497 e. The van der Waals surface area contributed by atoms with E-state index < -0.39 is 0 Å². The van der Waals surface area contributed by atoms with Gasteiger partial charge in [0.15, 0.2) is 11.3 Å². The number of methoxy groups -OCH3 is 2. The summed E-state index contributed by atoms with van der Waals surface area (Å²) in [6.07, 6.45) is 3.37. The lowest BCUT2D eigenvalue weighted by Gasteiger charge is -2.05. The quantitative estimate of drug-likeness (QED) is 0.126. The van der Waals surface area contributed by atoms with Gasteiger partial charge in [-0.25, -0.2) is 28.7 Å². The second-order valence-electron chi connectivity index (χ2n) is 11.8. The molecule has 0 fully saturated rings. The molecule has 0 bridgehead atoms. The number of halogens is 2. The number of nitrogens with one attached hydrogen (secondary N) is 2. The minimum absolute atomic E-state index is 0.169. The van der Waals surface area contributed by atoms with Crippen LogP contribution in [0.5, 0.6) is 11.5 Å². The summed E-state index contributed by atoms with van der Waals surface area (Å²) < 4.78 is 38.7. The van der Waals surface area contributed by atoms with Crippen LogP contribution in [0.4, 0.5) is 8.78 Å². The van der Waals surface area contributed by atoms with Crippen LogP contribution < -0.4 is 20.9 Å². The predicted molar refractivity (Wildman–Crippen MR) is 198 cm³/mol. The molecule has 0 aliphatic heterocycles. The van der Waals surface area contributed by atoms with Crippen molar-refractivity contribution in [1.29, 1.82) is 0 Å². The van der Waals surface area contributed by atoms with Gasteiger partial charge in [-0.3, -0.25) is 0 Å². The molecule has 6 N–H and O–H groups in total. The zero-order valence-corrected chi connectivity index (χ0v) is 28.3. The first kappa shape index (κ1) is 34.0. The fraction of sp³-hybridized carbons (Fsp3) is 0.100. The zero-order valence-electron chi connectivity index (χ0n) is 28.3. The Bertz CT molecular complexity index is 2320. The maximum absolute atomic E-state index is 14.1. The number of benzene rings is 4. The summed E-state index contributed by atoms with van der Waals surface area (Å²) in [6, 6.07) is 28.9. The van der Waals surface area contributed by atoms with Crippen molar-refractivity contribution in [3.8, 4) is 56.5 Å². The molecule has 0 aliphatic carbocycles. The number of imidazole rings is 2. The monoisotopic (exact) mass is 696 g/mol. The van der Waals surface area contributed by atoms with E-state index in [2.05, 4.69) is 29.9 Å². The van der Waals surface area contributed by atoms with Crippen LogP contribution >= 0.6 is 0 Å². The van der Waals surface area contributed by atoms with Crippen molar-refractivity contribution in [2.45, 2.75) is 13.1 Å². The van der Waals surface area contributed by atoms with Crippen molar-refractivity contribution in [3.63, 3.8) is 0 Å². The smallest absolute Gasteiger partial charge is 0.158 e. The maximum Gasteiger partial charge on any atom is 0.158 e. The normalized spacial score (nSPS) is 11.0. The molecular formula is C40H34F2N8O2. The average molecular weight is 697 g/mol. The number of pyridine rings is 2. The first-order chi connectivity index (χ1) is 25.4. The number of ether oxygens (including phenoxy) is 2. The van der Waals surface area contributed by atoms with E-state index in [4.69, 9.17) is 20.9 Å². The van der Waals surface area contributed by atoms with Crippen LogP contribution in [0.3, 0.4) is 0 Å². The second-order valence-corrected chi connectivity index (χ2v) is 11.8. The van der Waals surface area contributed by atoms with Gasteiger partial charge in [-0.1, -0.05) is 24.3 Å². The topological polar surface area (TPSA) is 154 Å². The standard InChI is InChI=1S/2C20H17FN4O/c2*1-26-15-6-4-12(5-7-15)19-24-18-16(8-9-23-20(18)25-19)13-2-3-14(11-22)17(21)10-13/h2*2-10H,11,22H2,1H3,(H,23,24,25). The molecule has 52 heavy (non-hydrogen) atoms. The summed E-state index contributed by atoms with van der Waals surface area (Å²) in [5.41, 5.74) is 19.7. The Morgan fingerprint density at radius 1 is 0.538 bits per heavy atom. The third-order valence-corrected chi connectivity index (χ3v) is 8.66. The van der Waals surface area contributed by atoms with Crippen molar-refractivity contribution in [3.05, 3.63) is 132 Å². The fourth-order valence-corrected chi connectivity index (χ4v) is 5.82. The lowest BCUT2D eigenvalue weighted by atomic mass is 10.0. The number of aromatic amines is 2. The summed E-state index contributed by atoms with van der Waals surface area (Å²) in [7, 11) is 3.25. The summed E-state index contributed by atoms with van der Waals surface area (Å²) in [6.45, 7) is 0.337. The van der Waals surface area contributed by atoms with Gasteiger partial charge in [0.05, 0.1) is 14.2 Å². The van der Waals surface area contributed by atoms with E-state index in [0.29, 0.717) is 45.1 Å². The lowest BCUT2D eigenvalue weighted by Crippen LogP contribution is -1.99. The molecule has 8 rings (SSSR count). The summed E-state index contributed by atoms with van der Waals surface area (Å²) in [5, 5.41) is 0. The van der Waals surface area contributed by atoms with Crippen LogP contribution in [-0.2, 0) is 13.1 Å². The van der Waals surface area contributed by atoms with E-state index in [1.165, 1.54) is 12.1 Å². The number of fused-ring (bicyclic) bond motifs is 2. The Hall–Kier alpha value is -6.50. The Balaban J connectivity index is 0.000000162. The highest BCUT2D eigenvalue weighted by molar-refractivity contribution is 5.92. The minimum atomic E-state index is -0.319. The van der Waals surface area contributed by atoms with E-state index in [0.717, 1.165) is 44.9 Å². The Morgan fingerprint density at radius 3 is 1.27 bits per heavy atom. The molecule has 0 atom stereocenters. The highest BCUT2D eigenvalue weighted by Gasteiger charge is 2.15. The SMILES string of the molecule is COc1ccc(-c2nc3c(-c4ccc(CN)c(F)c4)ccnc3[nH]2)cc1.COc1ccc(-c2nc3c(-c4ccc(CN)c(F)c4)ccnc3[nH]2)cc1. The number of nitrogens with two attached hydrogens (primary N) is 2. The highest BCUT2D eigenvalue weighted by Crippen LogP contribution is 2.32. The van der Waals surface area contributed by atoms with Crippen molar-refractivity contribution >= 4 is 22.3 Å². The van der Waals surface area contributed by atoms with Crippen LogP contribution in [0.25, 0.3) is 67.4 Å². The molecule has 12 heteroatoms. The molecule has 4 aromatic carbocycles. The van der Waals surface area contributed by atoms with Gasteiger partial charge in [-0.15, -0.1) is 0 Å². The van der Waals surface area contributed by atoms with Gasteiger partial charge in [0.1, 0.15) is 45.8 Å². The van der Waals surface area contributed by atoms with Gasteiger partial charge in [0.25, 0.3) is 0 Å². The number of hydrogen-bond acceptors (Lipinski definition) is 8. The van der Waals surface area contributed by atoms with E-state index in [9.17, 15) is 8.78 Å². The Morgan fingerprint density at radius 2 is 0.923 bits per heavy atom. The second kappa shape index (κ2) is 14.8. The number of aromatic nitrogens is 6. The van der Waals surface area contributed by atoms with Gasteiger partial charge >= 0.3 is 0 Å². The van der Waals surface area contributed by atoms with Gasteiger partial charge in [0.2, 0.25) is 0 Å². The van der Waals surface area contributed by atoms with Crippen LogP contribution in [0, 0.1) is 11.6 Å². The third-order valence-electron chi connectivity index (χ3n) is 8.66. The van der Waals surface area contributed by atoms with E-state index in [-0.39, 0.29) is 24.7 Å². The Kier molecular flexibility index (Phi) is 9.65. The van der Waals surface area contributed by atoms with Crippen LogP contribution in [-0.4, -0.2) is 44.1 Å². The molecule has 0 aliphatic rings. The third kappa shape index (κ3) is 6.80. The van der Waals surface area contributed by atoms with Crippen molar-refractivity contribution in [2.75, 3.05) is 14.2 Å². The van der Waals surface area contributed by atoms with E-state index >= 15 is 0 Å². The average Bonchev–Trinajstić information content (AvgIpc) is 3.83. The van der Waals surface area contributed by atoms with Gasteiger partial charge in [-0.2, -0.15) is 0 Å². The molecular weight excluding hydrogens is 662 g/mol. The molecule has 8 aromatic rings. The Labute approximate surface area is 297 Å². The maximum atomic E-state index is 14.1. The predicted octanol–water partition coefficient (Wildman–Crippen LogP) is 7.80. The minimum Gasteiger partial charge on any atom is -0.497 e. The van der Waals surface area contributed by atoms with Crippen LogP contribution in [0.15, 0.2) is 109 Å². The molecule has 10 nitrogen and oxygen atoms in total. The van der Waals surface area contributed by atoms with Crippen LogP contribution in [0.2, 0.25) is 0 Å². The molecule has 0 radical (unpaired) electrons. The number of hydrogen-bond donors (Lipinski definition) is 4. The number of H-pyrrole nitrogens is 2. The summed E-state index contributed by atoms with van der Waals surface area (Å²) in [4.78, 5) is 24.5. The first-order valence-electron chi connectivity index (χ1n) is 16.3. The molecule has 0 spiro atoms. The van der Waals surface area contributed by atoms with Crippen LogP contribution in [0.1, 0.15) is 11.1 Å². The highest BCUT2D eigenvalue weighted by atomic mass is 19.1. The molecule has 4 aromatic heterocycles. The number of nitrogens with zero attached hydrogens (tertiary/aromatic N) is 4. The molecule has 0 saturated carbocycles. The van der Waals surface area contributed by atoms with E-state index in [1.54, 1.807) is 38.7 Å². The molecule has 260 valence electrons. The number of rotatable bonds is 8. The first-order valence-corrected chi connectivity index (χ1v) is 16.3. The van der Waals surface area contributed by atoms with Gasteiger partial charge < -0.3 is 30.9 Å². The fourth-order valence-electron chi connectivity index (χ4n) is 5.82. The van der Waals surface area contributed by atoms with Crippen molar-refractivity contribution < 1.29 is 18.3 Å². The molecule has 4 heterocycles. The van der Waals surface area contributed by atoms with Crippen molar-refractivity contribution in [1.82, 2.24) is 29.9 Å². The molecule has 0 saturated heterocycles.